The molecule has 0 aromatic carbocycles. The molecule has 0 bridgehead atoms. The molecule has 3 heteroatoms. The Kier molecular flexibility index (Phi) is 6.31. The molecule has 1 aromatic rings. The van der Waals surface area contributed by atoms with Crippen LogP contribution < -0.4 is 5.32 Å². The van der Waals surface area contributed by atoms with Gasteiger partial charge in [0.1, 0.15) is 11.5 Å². The van der Waals surface area contributed by atoms with Crippen LogP contribution >= 0.6 is 0 Å². The zero-order chi connectivity index (χ0) is 15.2. The van der Waals surface area contributed by atoms with Gasteiger partial charge in [-0.15, -0.1) is 0 Å². The molecule has 0 amide bonds. The van der Waals surface area contributed by atoms with Gasteiger partial charge in [0.15, 0.2) is 0 Å². The van der Waals surface area contributed by atoms with E-state index < -0.39 is 0 Å². The summed E-state index contributed by atoms with van der Waals surface area (Å²) in [6.45, 7) is 11.9. The second-order valence-electron chi connectivity index (χ2n) is 6.74. The van der Waals surface area contributed by atoms with Crippen LogP contribution in [0, 0.1) is 6.92 Å². The van der Waals surface area contributed by atoms with Crippen molar-refractivity contribution in [1.29, 1.82) is 0 Å². The zero-order valence-corrected chi connectivity index (χ0v) is 14.2. The topological polar surface area (TPSA) is 28.4 Å². The molecular formula is C18H32N2O. The number of aryl methyl sites for hydroxylation is 1. The van der Waals surface area contributed by atoms with Crippen molar-refractivity contribution in [3.63, 3.8) is 0 Å². The number of furan rings is 1. The number of nitrogens with one attached hydrogen (secondary N) is 1. The molecule has 0 spiro atoms. The molecule has 0 saturated carbocycles. The molecule has 1 aliphatic heterocycles. The molecular weight excluding hydrogens is 260 g/mol. The first-order valence-electron chi connectivity index (χ1n) is 8.65. The Morgan fingerprint density at radius 1 is 1.38 bits per heavy atom. The first-order chi connectivity index (χ1) is 10.1. The number of hydrogen-bond donors (Lipinski definition) is 1. The SMILES string of the molecule is CCCC1CCCCN1Cc1cc(CNC(C)C)oc1C. The zero-order valence-electron chi connectivity index (χ0n) is 14.2. The van der Waals surface area contributed by atoms with E-state index in [0.29, 0.717) is 6.04 Å². The van der Waals surface area contributed by atoms with Crippen LogP contribution in [0.25, 0.3) is 0 Å². The number of rotatable bonds is 7. The third-order valence-electron chi connectivity index (χ3n) is 4.50. The van der Waals surface area contributed by atoms with Gasteiger partial charge in [-0.2, -0.15) is 0 Å². The van der Waals surface area contributed by atoms with Gasteiger partial charge in [0.2, 0.25) is 0 Å². The lowest BCUT2D eigenvalue weighted by Gasteiger charge is -2.35. The number of nitrogens with zero attached hydrogens (tertiary/aromatic N) is 1. The number of hydrogen-bond acceptors (Lipinski definition) is 3. The maximum absolute atomic E-state index is 5.91. The average molecular weight is 292 g/mol. The van der Waals surface area contributed by atoms with Crippen molar-refractivity contribution in [3.8, 4) is 0 Å². The molecule has 1 aliphatic rings. The minimum Gasteiger partial charge on any atom is -0.465 e. The van der Waals surface area contributed by atoms with Crippen LogP contribution in [0.5, 0.6) is 0 Å². The van der Waals surface area contributed by atoms with Crippen molar-refractivity contribution < 1.29 is 4.42 Å². The first-order valence-corrected chi connectivity index (χ1v) is 8.65. The van der Waals surface area contributed by atoms with Crippen LogP contribution in [-0.4, -0.2) is 23.5 Å². The fourth-order valence-electron chi connectivity index (χ4n) is 3.28. The maximum atomic E-state index is 5.91. The van der Waals surface area contributed by atoms with Gasteiger partial charge < -0.3 is 9.73 Å². The van der Waals surface area contributed by atoms with Gasteiger partial charge in [0, 0.05) is 24.2 Å². The van der Waals surface area contributed by atoms with E-state index in [0.717, 1.165) is 30.7 Å². The molecule has 3 nitrogen and oxygen atoms in total. The van der Waals surface area contributed by atoms with Crippen molar-refractivity contribution in [3.05, 3.63) is 23.2 Å². The van der Waals surface area contributed by atoms with Crippen molar-refractivity contribution >= 4 is 0 Å². The van der Waals surface area contributed by atoms with Crippen LogP contribution in [0.15, 0.2) is 10.5 Å². The monoisotopic (exact) mass is 292 g/mol. The van der Waals surface area contributed by atoms with E-state index in [9.17, 15) is 0 Å². The average Bonchev–Trinajstić information content (AvgIpc) is 2.80. The van der Waals surface area contributed by atoms with E-state index in [4.69, 9.17) is 4.42 Å². The fraction of sp³-hybridized carbons (Fsp3) is 0.778. The molecule has 0 radical (unpaired) electrons. The summed E-state index contributed by atoms with van der Waals surface area (Å²) in [7, 11) is 0. The van der Waals surface area contributed by atoms with Gasteiger partial charge in [0.05, 0.1) is 6.54 Å². The highest BCUT2D eigenvalue weighted by atomic mass is 16.3. The Morgan fingerprint density at radius 3 is 2.90 bits per heavy atom. The number of likely N-dealkylation sites (tertiary alicyclic amines) is 1. The molecule has 1 saturated heterocycles. The molecule has 1 aromatic heterocycles. The van der Waals surface area contributed by atoms with Gasteiger partial charge >= 0.3 is 0 Å². The highest BCUT2D eigenvalue weighted by Gasteiger charge is 2.23. The molecule has 1 fully saturated rings. The molecule has 1 N–H and O–H groups in total. The predicted molar refractivity (Wildman–Crippen MR) is 88.4 cm³/mol. The van der Waals surface area contributed by atoms with Crippen molar-refractivity contribution in [2.45, 2.75) is 85.0 Å². The maximum Gasteiger partial charge on any atom is 0.118 e. The summed E-state index contributed by atoms with van der Waals surface area (Å²) >= 11 is 0. The van der Waals surface area contributed by atoms with Gasteiger partial charge in [-0.05, 0) is 38.8 Å². The van der Waals surface area contributed by atoms with E-state index in [2.05, 4.69) is 44.0 Å². The van der Waals surface area contributed by atoms with Crippen LogP contribution in [0.3, 0.4) is 0 Å². The second kappa shape index (κ2) is 8.00. The number of piperidine rings is 1. The van der Waals surface area contributed by atoms with Crippen LogP contribution in [0.4, 0.5) is 0 Å². The molecule has 2 heterocycles. The van der Waals surface area contributed by atoms with Gasteiger partial charge in [-0.1, -0.05) is 33.6 Å². The smallest absolute Gasteiger partial charge is 0.118 e. The standard InChI is InChI=1S/C18H32N2O/c1-5-8-17-9-6-7-10-20(17)13-16-11-18(21-15(16)4)12-19-14(2)3/h11,14,17,19H,5-10,12-13H2,1-4H3. The molecule has 21 heavy (non-hydrogen) atoms. The third kappa shape index (κ3) is 4.86. The van der Waals surface area contributed by atoms with E-state index in [1.807, 2.05) is 0 Å². The third-order valence-corrected chi connectivity index (χ3v) is 4.50. The molecule has 1 unspecified atom stereocenters. The highest BCUT2D eigenvalue weighted by Crippen LogP contribution is 2.25. The van der Waals surface area contributed by atoms with E-state index in [1.165, 1.54) is 44.2 Å². The minimum absolute atomic E-state index is 0.495. The molecule has 120 valence electrons. The summed E-state index contributed by atoms with van der Waals surface area (Å²) in [6.07, 6.45) is 6.73. The second-order valence-corrected chi connectivity index (χ2v) is 6.74. The van der Waals surface area contributed by atoms with Crippen molar-refractivity contribution in [1.82, 2.24) is 10.2 Å². The Morgan fingerprint density at radius 2 is 2.19 bits per heavy atom. The Bertz CT molecular complexity index is 423. The lowest BCUT2D eigenvalue weighted by atomic mass is 9.97. The van der Waals surface area contributed by atoms with Gasteiger partial charge in [-0.25, -0.2) is 0 Å². The summed E-state index contributed by atoms with van der Waals surface area (Å²) in [5.41, 5.74) is 1.37. The van der Waals surface area contributed by atoms with Crippen LogP contribution in [0.1, 0.15) is 70.0 Å². The Balaban J connectivity index is 1.97. The van der Waals surface area contributed by atoms with Crippen molar-refractivity contribution in [2.24, 2.45) is 0 Å². The van der Waals surface area contributed by atoms with Gasteiger partial charge in [0.25, 0.3) is 0 Å². The predicted octanol–water partition coefficient (Wildman–Crippen LogP) is 4.24. The largest absolute Gasteiger partial charge is 0.465 e. The quantitative estimate of drug-likeness (QED) is 0.815. The van der Waals surface area contributed by atoms with Crippen LogP contribution in [0.2, 0.25) is 0 Å². The summed E-state index contributed by atoms with van der Waals surface area (Å²) < 4.78 is 5.91. The van der Waals surface area contributed by atoms with E-state index >= 15 is 0 Å². The normalized spacial score (nSPS) is 20.3. The van der Waals surface area contributed by atoms with E-state index in [1.54, 1.807) is 0 Å². The van der Waals surface area contributed by atoms with Crippen LogP contribution in [-0.2, 0) is 13.1 Å². The van der Waals surface area contributed by atoms with E-state index in [-0.39, 0.29) is 0 Å². The summed E-state index contributed by atoms with van der Waals surface area (Å²) in [5.74, 6) is 2.16. The first kappa shape index (κ1) is 16.6. The minimum atomic E-state index is 0.495. The molecule has 1 atom stereocenters. The fourth-order valence-corrected chi connectivity index (χ4v) is 3.28. The van der Waals surface area contributed by atoms with Crippen molar-refractivity contribution in [2.75, 3.05) is 6.54 Å². The highest BCUT2D eigenvalue weighted by molar-refractivity contribution is 5.21. The molecule has 0 aliphatic carbocycles. The summed E-state index contributed by atoms with van der Waals surface area (Å²) in [4.78, 5) is 2.67. The Hall–Kier alpha value is -0.800. The van der Waals surface area contributed by atoms with Gasteiger partial charge in [-0.3, -0.25) is 4.90 Å². The summed E-state index contributed by atoms with van der Waals surface area (Å²) in [6, 6.07) is 3.52. The Labute approximate surface area is 130 Å². The summed E-state index contributed by atoms with van der Waals surface area (Å²) in [5, 5.41) is 3.43. The lowest BCUT2D eigenvalue weighted by molar-refractivity contribution is 0.131. The molecule has 2 rings (SSSR count). The lowest BCUT2D eigenvalue weighted by Crippen LogP contribution is -2.38.